The molecule has 0 spiro atoms. The summed E-state index contributed by atoms with van der Waals surface area (Å²) in [5.74, 6) is 0. The van der Waals surface area contributed by atoms with E-state index < -0.39 is 25.3 Å². The third-order valence-electron chi connectivity index (χ3n) is 6.65. The molecule has 0 aliphatic heterocycles. The van der Waals surface area contributed by atoms with E-state index in [4.69, 9.17) is 4.55 Å². The van der Waals surface area contributed by atoms with Crippen LogP contribution >= 0.6 is 45.2 Å². The molecule has 0 aromatic heterocycles. The van der Waals surface area contributed by atoms with Gasteiger partial charge in [0.1, 0.15) is 10.1 Å². The van der Waals surface area contributed by atoms with Crippen LogP contribution in [0.3, 0.4) is 0 Å². The Hall–Kier alpha value is -2.27. The zero-order valence-electron chi connectivity index (χ0n) is 29.0. The van der Waals surface area contributed by atoms with Crippen LogP contribution in [0.25, 0.3) is 0 Å². The number of halogens is 2. The fraction of sp³-hybridized carbons (Fsp3) is 0.231. The topological polar surface area (TPSA) is 112 Å². The minimum Gasteiger partial charge on any atom is -0.747 e. The zero-order valence-corrected chi connectivity index (χ0v) is 35.7. The van der Waals surface area contributed by atoms with Crippen LogP contribution < -0.4 is 0 Å². The summed E-state index contributed by atoms with van der Waals surface area (Å²) in [5.41, 5.74) is 3.37. The minimum absolute atomic E-state index is 0.0146. The molecule has 6 nitrogen and oxygen atoms in total. The second-order valence-corrected chi connectivity index (χ2v) is 20.8. The summed E-state index contributed by atoms with van der Waals surface area (Å²) in [6.45, 7) is 13.4. The van der Waals surface area contributed by atoms with Crippen molar-refractivity contribution < 1.29 is 25.9 Å². The van der Waals surface area contributed by atoms with E-state index in [9.17, 15) is 21.4 Å². The maximum absolute atomic E-state index is 9.62. The lowest BCUT2D eigenvalue weighted by Gasteiger charge is -2.18. The first-order chi connectivity index (χ1) is 23.2. The molecule has 50 heavy (non-hydrogen) atoms. The van der Waals surface area contributed by atoms with Gasteiger partial charge in [-0.1, -0.05) is 120 Å². The maximum atomic E-state index is 9.62. The Labute approximate surface area is 329 Å². The van der Waals surface area contributed by atoms with Crippen LogP contribution in [0.15, 0.2) is 154 Å². The largest absolute Gasteiger partial charge is 0.747 e. The van der Waals surface area contributed by atoms with Crippen LogP contribution in [0.1, 0.15) is 52.7 Å². The van der Waals surface area contributed by atoms with Gasteiger partial charge >= 0.3 is 0 Å². The molecule has 0 heterocycles. The summed E-state index contributed by atoms with van der Waals surface area (Å²) in [4.78, 5) is 4.08. The summed E-state index contributed by atoms with van der Waals surface area (Å²) < 4.78 is 58.3. The van der Waals surface area contributed by atoms with Crippen molar-refractivity contribution in [2.75, 3.05) is 5.08 Å². The summed E-state index contributed by atoms with van der Waals surface area (Å²) in [6, 6.07) is 49.6. The molecule has 0 atom stereocenters. The molecule has 0 saturated carbocycles. The van der Waals surface area contributed by atoms with Crippen LogP contribution in [0.5, 0.6) is 0 Å². The monoisotopic (exact) mass is 958 g/mol. The Kier molecular flexibility index (Phi) is 17.6. The minimum atomic E-state index is -4.87. The molecule has 0 unspecified atom stereocenters. The van der Waals surface area contributed by atoms with Gasteiger partial charge < -0.3 is 4.55 Å². The van der Waals surface area contributed by atoms with E-state index in [1.54, 1.807) is 0 Å². The Morgan fingerprint density at radius 1 is 0.520 bits per heavy atom. The lowest BCUT2D eigenvalue weighted by atomic mass is 9.87. The lowest BCUT2D eigenvalue weighted by Crippen LogP contribution is -2.14. The van der Waals surface area contributed by atoms with Gasteiger partial charge in [0, 0.05) is 7.14 Å². The average Bonchev–Trinajstić information content (AvgIpc) is 3.02. The molecule has 5 rings (SSSR count). The number of rotatable bonds is 5. The van der Waals surface area contributed by atoms with Crippen molar-refractivity contribution in [1.29, 1.82) is 0 Å². The molecule has 0 aliphatic carbocycles. The molecule has 1 N–H and O–H groups in total. The van der Waals surface area contributed by atoms with Gasteiger partial charge in [-0.15, -0.1) is 0 Å². The highest BCUT2D eigenvalue weighted by Crippen LogP contribution is 2.30. The normalized spacial score (nSPS) is 11.6. The van der Waals surface area contributed by atoms with E-state index >= 15 is 0 Å². The first-order valence-electron chi connectivity index (χ1n) is 15.5. The number of hydrogen-bond acceptors (Lipinski definition) is 5. The summed E-state index contributed by atoms with van der Waals surface area (Å²) in [5, 5.41) is -1.76. The van der Waals surface area contributed by atoms with Gasteiger partial charge in [-0.05, 0) is 128 Å². The predicted molar refractivity (Wildman–Crippen MR) is 223 cm³/mol. The van der Waals surface area contributed by atoms with Crippen LogP contribution in [0, 0.1) is 7.14 Å². The highest BCUT2D eigenvalue weighted by molar-refractivity contribution is 14.1. The molecule has 5 aromatic rings. The Bertz CT molecular complexity index is 1750. The highest BCUT2D eigenvalue weighted by Gasteiger charge is 2.27. The lowest BCUT2D eigenvalue weighted by molar-refractivity contribution is 0.459. The van der Waals surface area contributed by atoms with Crippen molar-refractivity contribution in [1.82, 2.24) is 0 Å². The smallest absolute Gasteiger partial charge is 0.278 e. The summed E-state index contributed by atoms with van der Waals surface area (Å²) in [6.07, 6.45) is 0. The summed E-state index contributed by atoms with van der Waals surface area (Å²) >= 11 is 4.65. The maximum Gasteiger partial charge on any atom is 0.278 e. The average molecular weight is 959 g/mol. The van der Waals surface area contributed by atoms with Gasteiger partial charge in [-0.3, -0.25) is 4.55 Å². The number of hydrogen-bond donors (Lipinski definition) is 1. The Morgan fingerprint density at radius 2 is 0.780 bits per heavy atom. The van der Waals surface area contributed by atoms with Gasteiger partial charge in [-0.2, -0.15) is 8.42 Å². The van der Waals surface area contributed by atoms with Gasteiger partial charge in [0.25, 0.3) is 10.1 Å². The molecule has 0 radical (unpaired) electrons. The fourth-order valence-corrected chi connectivity index (χ4v) is 8.44. The zero-order chi connectivity index (χ0) is 37.6. The second-order valence-electron chi connectivity index (χ2n) is 13.0. The highest BCUT2D eigenvalue weighted by atomic mass is 127. The first kappa shape index (κ1) is 43.9. The molecule has 0 aliphatic rings. The van der Waals surface area contributed by atoms with Crippen LogP contribution in [-0.4, -0.2) is 31.0 Å². The standard InChI is InChI=1S/C18H15S.2C10H13I.CH4O6S2/c1-4-10-16(11-5-1)19(17-12-6-2-7-13-17)18-14-8-3-9-15-18;2*1-10(2,3)8-4-6-9(11)7-5-8;2-8(3,4)1-9(5,6)7/h1-15H;2*4-7H,1-3H3;1H2,(H,2,3,4)(H,5,6,7)/q+1;;;/p-1. The molecule has 5 aromatic carbocycles. The molecule has 11 heteroatoms. The molecule has 0 bridgehead atoms. The van der Waals surface area contributed by atoms with Crippen molar-refractivity contribution in [3.63, 3.8) is 0 Å². The quantitative estimate of drug-likeness (QED) is 0.107. The van der Waals surface area contributed by atoms with Gasteiger partial charge in [0.15, 0.2) is 19.8 Å². The molecule has 0 saturated heterocycles. The summed E-state index contributed by atoms with van der Waals surface area (Å²) in [7, 11) is -9.57. The molecular formula is C39H44I2O6S3. The first-order valence-corrected chi connectivity index (χ1v) is 22.0. The molecule has 268 valence electrons. The fourth-order valence-electron chi connectivity index (χ4n) is 4.16. The van der Waals surface area contributed by atoms with E-state index in [0.29, 0.717) is 0 Å². The Balaban J connectivity index is 0.000000244. The molecule has 0 amide bonds. The van der Waals surface area contributed by atoms with Crippen molar-refractivity contribution in [3.05, 3.63) is 158 Å². The van der Waals surface area contributed by atoms with Crippen molar-refractivity contribution in [3.8, 4) is 0 Å². The van der Waals surface area contributed by atoms with Gasteiger partial charge in [0.2, 0.25) is 0 Å². The third-order valence-corrected chi connectivity index (χ3v) is 12.7. The van der Waals surface area contributed by atoms with E-state index in [1.807, 2.05) is 0 Å². The second kappa shape index (κ2) is 20.1. The van der Waals surface area contributed by atoms with Gasteiger partial charge in [0.05, 0.1) is 10.9 Å². The van der Waals surface area contributed by atoms with Crippen molar-refractivity contribution in [2.24, 2.45) is 0 Å². The predicted octanol–water partition coefficient (Wildman–Crippen LogP) is 10.3. The van der Waals surface area contributed by atoms with Crippen molar-refractivity contribution in [2.45, 2.75) is 67.1 Å². The third kappa shape index (κ3) is 17.8. The Morgan fingerprint density at radius 3 is 0.960 bits per heavy atom. The van der Waals surface area contributed by atoms with E-state index in [1.165, 1.54) is 33.0 Å². The van der Waals surface area contributed by atoms with E-state index in [2.05, 4.69) is 226 Å². The molecular weight excluding hydrogens is 914 g/mol. The van der Waals surface area contributed by atoms with Crippen LogP contribution in [-0.2, 0) is 42.0 Å². The van der Waals surface area contributed by atoms with E-state index in [-0.39, 0.29) is 21.7 Å². The van der Waals surface area contributed by atoms with Crippen LogP contribution in [0.4, 0.5) is 0 Å². The number of benzene rings is 5. The molecule has 0 fully saturated rings. The van der Waals surface area contributed by atoms with Crippen LogP contribution in [0.2, 0.25) is 0 Å². The van der Waals surface area contributed by atoms with Gasteiger partial charge in [-0.25, -0.2) is 8.42 Å². The van der Waals surface area contributed by atoms with E-state index in [0.717, 1.165) is 0 Å². The SMILES string of the molecule is CC(C)(C)c1ccc(I)cc1.CC(C)(C)c1ccc(I)cc1.O=S(=O)([O-])CS(=O)(=O)O.c1ccc([S+](c2ccccc2)c2ccccc2)cc1. The van der Waals surface area contributed by atoms with Crippen molar-refractivity contribution >= 4 is 76.3 Å².